The Morgan fingerprint density at radius 2 is 2.04 bits per heavy atom. The van der Waals surface area contributed by atoms with Crippen LogP contribution in [0.25, 0.3) is 10.9 Å². The van der Waals surface area contributed by atoms with Crippen LogP contribution in [0.2, 0.25) is 0 Å². The molecular formula is C18H22N4O2. The molecule has 1 amide bonds. The van der Waals surface area contributed by atoms with Crippen LogP contribution >= 0.6 is 0 Å². The van der Waals surface area contributed by atoms with Gasteiger partial charge >= 0.3 is 0 Å². The van der Waals surface area contributed by atoms with Gasteiger partial charge in [0.05, 0.1) is 10.9 Å². The Bertz CT molecular complexity index is 825. The second-order valence-corrected chi connectivity index (χ2v) is 6.62. The van der Waals surface area contributed by atoms with Gasteiger partial charge in [-0.05, 0) is 37.8 Å². The van der Waals surface area contributed by atoms with Crippen LogP contribution in [-0.2, 0) is 4.79 Å². The zero-order valence-electron chi connectivity index (χ0n) is 13.7. The van der Waals surface area contributed by atoms with Gasteiger partial charge in [-0.2, -0.15) is 0 Å². The standard InChI is InChI=1S/C18H22N4O2/c23-16-7-3-11-21(16)12-4-10-19-18-20-15-6-2-1-5-14(15)17(24)22(18)13-8-9-13/h1-2,5-6,13H,3-4,7-12H2,(H,19,20). The summed E-state index contributed by atoms with van der Waals surface area (Å²) in [6.07, 6.45) is 4.59. The first-order chi connectivity index (χ1) is 11.7. The van der Waals surface area contributed by atoms with E-state index in [2.05, 4.69) is 10.3 Å². The number of aromatic nitrogens is 2. The fourth-order valence-electron chi connectivity index (χ4n) is 3.35. The molecule has 2 aliphatic rings. The third kappa shape index (κ3) is 2.88. The van der Waals surface area contributed by atoms with Crippen molar-refractivity contribution in [2.45, 2.75) is 38.1 Å². The van der Waals surface area contributed by atoms with Crippen LogP contribution in [-0.4, -0.2) is 40.0 Å². The van der Waals surface area contributed by atoms with Crippen molar-refractivity contribution in [3.8, 4) is 0 Å². The van der Waals surface area contributed by atoms with Crippen molar-refractivity contribution in [1.29, 1.82) is 0 Å². The van der Waals surface area contributed by atoms with Crippen molar-refractivity contribution in [3.63, 3.8) is 0 Å². The highest BCUT2D eigenvalue weighted by molar-refractivity contribution is 5.79. The van der Waals surface area contributed by atoms with E-state index in [1.54, 1.807) is 0 Å². The van der Waals surface area contributed by atoms with Gasteiger partial charge in [0.2, 0.25) is 11.9 Å². The van der Waals surface area contributed by atoms with Gasteiger partial charge in [0.25, 0.3) is 5.56 Å². The van der Waals surface area contributed by atoms with E-state index >= 15 is 0 Å². The maximum Gasteiger partial charge on any atom is 0.263 e. The van der Waals surface area contributed by atoms with Gasteiger partial charge in [-0.25, -0.2) is 4.98 Å². The largest absolute Gasteiger partial charge is 0.355 e. The molecule has 6 heteroatoms. The number of hydrogen-bond donors (Lipinski definition) is 1. The number of hydrogen-bond acceptors (Lipinski definition) is 4. The predicted octanol–water partition coefficient (Wildman–Crippen LogP) is 2.16. The Morgan fingerprint density at radius 1 is 1.21 bits per heavy atom. The molecule has 2 aromatic rings. The number of fused-ring (bicyclic) bond motifs is 1. The Kier molecular flexibility index (Phi) is 3.96. The van der Waals surface area contributed by atoms with Crippen LogP contribution < -0.4 is 10.9 Å². The Morgan fingerprint density at radius 3 is 2.79 bits per heavy atom. The van der Waals surface area contributed by atoms with Gasteiger partial charge in [-0.15, -0.1) is 0 Å². The average molecular weight is 326 g/mol. The minimum Gasteiger partial charge on any atom is -0.355 e. The Labute approximate surface area is 140 Å². The molecule has 6 nitrogen and oxygen atoms in total. The molecule has 1 N–H and O–H groups in total. The topological polar surface area (TPSA) is 67.2 Å². The molecule has 0 spiro atoms. The number of anilines is 1. The van der Waals surface area contributed by atoms with Gasteiger partial charge < -0.3 is 10.2 Å². The van der Waals surface area contributed by atoms with Gasteiger partial charge in [-0.1, -0.05) is 12.1 Å². The molecule has 1 aliphatic heterocycles. The molecule has 0 radical (unpaired) electrons. The van der Waals surface area contributed by atoms with E-state index in [0.29, 0.717) is 24.3 Å². The predicted molar refractivity (Wildman–Crippen MR) is 93.2 cm³/mol. The summed E-state index contributed by atoms with van der Waals surface area (Å²) in [7, 11) is 0. The zero-order chi connectivity index (χ0) is 16.5. The Hall–Kier alpha value is -2.37. The van der Waals surface area contributed by atoms with Crippen LogP contribution in [0.3, 0.4) is 0 Å². The van der Waals surface area contributed by atoms with Crippen LogP contribution in [0.5, 0.6) is 0 Å². The van der Waals surface area contributed by atoms with E-state index < -0.39 is 0 Å². The second kappa shape index (κ2) is 6.26. The van der Waals surface area contributed by atoms with Crippen molar-refractivity contribution in [2.75, 3.05) is 25.0 Å². The summed E-state index contributed by atoms with van der Waals surface area (Å²) in [6, 6.07) is 7.77. The highest BCUT2D eigenvalue weighted by atomic mass is 16.2. The zero-order valence-corrected chi connectivity index (χ0v) is 13.7. The van der Waals surface area contributed by atoms with Gasteiger partial charge in [0, 0.05) is 32.1 Å². The highest BCUT2D eigenvalue weighted by Gasteiger charge is 2.28. The average Bonchev–Trinajstić information content (AvgIpc) is 3.34. The lowest BCUT2D eigenvalue weighted by molar-refractivity contribution is -0.127. The van der Waals surface area contributed by atoms with Crippen molar-refractivity contribution in [1.82, 2.24) is 14.5 Å². The smallest absolute Gasteiger partial charge is 0.263 e. The lowest BCUT2D eigenvalue weighted by atomic mass is 10.2. The maximum atomic E-state index is 12.7. The van der Waals surface area contributed by atoms with Crippen LogP contribution in [0.15, 0.2) is 29.1 Å². The molecule has 0 atom stereocenters. The minimum absolute atomic E-state index is 0.0420. The third-order valence-electron chi connectivity index (χ3n) is 4.78. The molecule has 1 saturated heterocycles. The number of nitrogens with zero attached hydrogens (tertiary/aromatic N) is 3. The quantitative estimate of drug-likeness (QED) is 0.826. The molecule has 4 rings (SSSR count). The van der Waals surface area contributed by atoms with E-state index in [0.717, 1.165) is 44.3 Å². The molecule has 1 aliphatic carbocycles. The van der Waals surface area contributed by atoms with Gasteiger partial charge in [0.1, 0.15) is 0 Å². The van der Waals surface area contributed by atoms with Crippen molar-refractivity contribution in [3.05, 3.63) is 34.6 Å². The number of rotatable bonds is 6. The molecule has 2 heterocycles. The van der Waals surface area contributed by atoms with E-state index in [-0.39, 0.29) is 17.5 Å². The molecule has 126 valence electrons. The monoisotopic (exact) mass is 326 g/mol. The number of benzene rings is 1. The van der Waals surface area contributed by atoms with Crippen molar-refractivity contribution >= 4 is 22.8 Å². The first kappa shape index (κ1) is 15.2. The fourth-order valence-corrected chi connectivity index (χ4v) is 3.35. The van der Waals surface area contributed by atoms with E-state index in [4.69, 9.17) is 0 Å². The van der Waals surface area contributed by atoms with Gasteiger partial charge in [0.15, 0.2) is 0 Å². The lowest BCUT2D eigenvalue weighted by Gasteiger charge is -2.17. The molecule has 2 fully saturated rings. The van der Waals surface area contributed by atoms with Crippen LogP contribution in [0, 0.1) is 0 Å². The summed E-state index contributed by atoms with van der Waals surface area (Å²) >= 11 is 0. The first-order valence-electron chi connectivity index (χ1n) is 8.77. The normalized spacial score (nSPS) is 17.7. The molecule has 1 saturated carbocycles. The van der Waals surface area contributed by atoms with E-state index in [9.17, 15) is 9.59 Å². The molecule has 24 heavy (non-hydrogen) atoms. The highest BCUT2D eigenvalue weighted by Crippen LogP contribution is 2.35. The SMILES string of the molecule is O=C1CCCN1CCCNc1nc2ccccc2c(=O)n1C1CC1. The summed E-state index contributed by atoms with van der Waals surface area (Å²) in [5.41, 5.74) is 0.775. The fraction of sp³-hybridized carbons (Fsp3) is 0.500. The third-order valence-corrected chi connectivity index (χ3v) is 4.78. The van der Waals surface area contributed by atoms with E-state index in [1.165, 1.54) is 0 Å². The number of nitrogens with one attached hydrogen (secondary N) is 1. The lowest BCUT2D eigenvalue weighted by Crippen LogP contribution is -2.28. The number of carbonyl (C=O) groups is 1. The number of para-hydroxylation sites is 1. The Balaban J connectivity index is 1.49. The number of likely N-dealkylation sites (tertiary alicyclic amines) is 1. The molecule has 1 aromatic heterocycles. The number of carbonyl (C=O) groups excluding carboxylic acids is 1. The van der Waals surface area contributed by atoms with Crippen molar-refractivity contribution in [2.24, 2.45) is 0 Å². The number of amides is 1. The second-order valence-electron chi connectivity index (χ2n) is 6.62. The summed E-state index contributed by atoms with van der Waals surface area (Å²) in [5, 5.41) is 4.00. The van der Waals surface area contributed by atoms with Crippen LogP contribution in [0.1, 0.15) is 38.1 Å². The minimum atomic E-state index is 0.0420. The summed E-state index contributed by atoms with van der Waals surface area (Å²) in [4.78, 5) is 30.9. The first-order valence-corrected chi connectivity index (χ1v) is 8.77. The van der Waals surface area contributed by atoms with Crippen LogP contribution in [0.4, 0.5) is 5.95 Å². The molecular weight excluding hydrogens is 304 g/mol. The maximum absolute atomic E-state index is 12.7. The van der Waals surface area contributed by atoms with E-state index in [1.807, 2.05) is 33.7 Å². The molecule has 0 unspecified atom stereocenters. The van der Waals surface area contributed by atoms with Gasteiger partial charge in [-0.3, -0.25) is 14.2 Å². The summed E-state index contributed by atoms with van der Waals surface area (Å²) in [5.74, 6) is 0.919. The summed E-state index contributed by atoms with van der Waals surface area (Å²) in [6.45, 7) is 2.36. The summed E-state index contributed by atoms with van der Waals surface area (Å²) < 4.78 is 1.81. The molecule has 1 aromatic carbocycles. The molecule has 0 bridgehead atoms. The van der Waals surface area contributed by atoms with Crippen molar-refractivity contribution < 1.29 is 4.79 Å².